The van der Waals surface area contributed by atoms with Crippen LogP contribution in [0, 0.1) is 24.3 Å². The molecule has 0 spiro atoms. The highest BCUT2D eigenvalue weighted by Gasteiger charge is 2.48. The van der Waals surface area contributed by atoms with E-state index in [9.17, 15) is 36.8 Å². The van der Waals surface area contributed by atoms with Crippen molar-refractivity contribution in [3.8, 4) is 23.0 Å². The van der Waals surface area contributed by atoms with E-state index in [1.807, 2.05) is 36.9 Å². The number of piperidine rings is 2. The highest BCUT2D eigenvalue weighted by atomic mass is 35.5. The summed E-state index contributed by atoms with van der Waals surface area (Å²) in [5, 5.41) is 26.3. The second kappa shape index (κ2) is 20.8. The van der Waals surface area contributed by atoms with E-state index < -0.39 is 23.5 Å². The standard InChI is InChI=1S/C23H27F3N2O3.C17H25NO2.C6H3ClF3NO/c1-3-10-30-21-11-15(2)4-8-20(21)31-19-12-17-6-7-18(13-19)28(17)22-9-5-16(14-27(22)29)23(24,25)26;1-3-8-19-17-9-12(2)4-7-16(17)20-15-10-13-5-6-14(11-15)18-13;7-5-2-1-4(3-11(5)12)6(8,9)10/h4-5,8-9,11,14,17-19H,3,6-7,10,12-13H2,1-2H3;4,7,9,13-15,18H,3,5-6,8,10-11H2,1-2H3;1-3H/t17-,18+,19?;13-,14+,15?;. The van der Waals surface area contributed by atoms with E-state index in [4.69, 9.17) is 30.5 Å². The Morgan fingerprint density at radius 1 is 0.635 bits per heavy atom. The number of nitrogens with one attached hydrogen (secondary N) is 1. The second-order valence-corrected chi connectivity index (χ2v) is 17.0. The van der Waals surface area contributed by atoms with Crippen molar-refractivity contribution in [1.29, 1.82) is 0 Å². The summed E-state index contributed by atoms with van der Waals surface area (Å²) in [6, 6.07) is 17.5. The van der Waals surface area contributed by atoms with Gasteiger partial charge < -0.3 is 34.7 Å². The van der Waals surface area contributed by atoms with Crippen LogP contribution in [0.15, 0.2) is 73.1 Å². The Morgan fingerprint density at radius 3 is 1.54 bits per heavy atom. The van der Waals surface area contributed by atoms with Gasteiger partial charge in [-0.1, -0.05) is 26.0 Å². The lowest BCUT2D eigenvalue weighted by Gasteiger charge is -2.36. The molecule has 4 fully saturated rings. The minimum absolute atomic E-state index is 0.0324. The van der Waals surface area contributed by atoms with E-state index in [1.54, 1.807) is 0 Å². The topological polar surface area (TPSA) is 106 Å². The Kier molecular flexibility index (Phi) is 15.7. The maximum Gasteiger partial charge on any atom is 0.422 e. The molecule has 4 aromatic rings. The molecule has 17 heteroatoms. The van der Waals surface area contributed by atoms with Gasteiger partial charge in [-0.25, -0.2) is 4.73 Å². The van der Waals surface area contributed by atoms with Crippen molar-refractivity contribution >= 4 is 17.4 Å². The van der Waals surface area contributed by atoms with Crippen molar-refractivity contribution in [1.82, 2.24) is 5.32 Å². The van der Waals surface area contributed by atoms with Crippen molar-refractivity contribution in [2.45, 2.75) is 141 Å². The third-order valence-corrected chi connectivity index (χ3v) is 11.8. The van der Waals surface area contributed by atoms with Crippen LogP contribution >= 0.6 is 11.6 Å². The van der Waals surface area contributed by atoms with Gasteiger partial charge in [-0.15, -0.1) is 0 Å². The van der Waals surface area contributed by atoms with Gasteiger partial charge in [0.15, 0.2) is 29.2 Å². The Balaban J connectivity index is 0.000000176. The van der Waals surface area contributed by atoms with Gasteiger partial charge in [0.25, 0.3) is 11.0 Å². The number of aromatic nitrogens is 2. The van der Waals surface area contributed by atoms with E-state index in [0.717, 1.165) is 86.1 Å². The van der Waals surface area contributed by atoms with Gasteiger partial charge in [0.2, 0.25) is 0 Å². The summed E-state index contributed by atoms with van der Waals surface area (Å²) < 4.78 is 99.0. The zero-order chi connectivity index (χ0) is 45.5. The zero-order valence-corrected chi connectivity index (χ0v) is 36.6. The van der Waals surface area contributed by atoms with Crippen LogP contribution in [0.5, 0.6) is 23.0 Å². The molecule has 4 aliphatic rings. The van der Waals surface area contributed by atoms with Crippen LogP contribution in [-0.2, 0) is 12.4 Å². The fourth-order valence-electron chi connectivity index (χ4n) is 8.60. The Bertz CT molecular complexity index is 2120. The fraction of sp³-hybridized carbons (Fsp3) is 0.522. The van der Waals surface area contributed by atoms with Gasteiger partial charge in [0, 0.05) is 37.1 Å². The van der Waals surface area contributed by atoms with Crippen molar-refractivity contribution in [3.63, 3.8) is 0 Å². The molecule has 4 bridgehead atoms. The van der Waals surface area contributed by atoms with E-state index in [1.165, 1.54) is 24.5 Å². The predicted octanol–water partition coefficient (Wildman–Crippen LogP) is 10.5. The SMILES string of the molecule is CCCOc1cc(C)ccc1OC1C[C@H]2CC[C@@H](C1)N2.CCCOc1cc(C)ccc1OC1C[C@H]2CC[C@@H](C1)N2c1ccc(C(F)(F)F)c[n+]1[O-].[O-][n+]1cc(C(F)(F)F)ccc1Cl. The lowest BCUT2D eigenvalue weighted by molar-refractivity contribution is -0.604. The molecule has 6 atom stereocenters. The Morgan fingerprint density at radius 2 is 1.10 bits per heavy atom. The molecule has 8 rings (SSSR count). The first-order valence-electron chi connectivity index (χ1n) is 21.5. The molecule has 0 amide bonds. The number of hydrogen-bond acceptors (Lipinski definition) is 8. The fourth-order valence-corrected chi connectivity index (χ4v) is 8.72. The van der Waals surface area contributed by atoms with E-state index in [2.05, 4.69) is 37.4 Å². The number of rotatable bonds is 11. The van der Waals surface area contributed by atoms with Gasteiger partial charge in [-0.3, -0.25) is 4.90 Å². The summed E-state index contributed by atoms with van der Waals surface area (Å²) in [4.78, 5) is 1.98. The van der Waals surface area contributed by atoms with Crippen molar-refractivity contribution in [2.75, 3.05) is 18.1 Å². The normalized spacial score (nSPS) is 22.6. The first kappa shape index (κ1) is 47.6. The van der Waals surface area contributed by atoms with Crippen LogP contribution in [0.2, 0.25) is 5.15 Å². The molecular weight excluding hydrogens is 854 g/mol. The summed E-state index contributed by atoms with van der Waals surface area (Å²) in [6.07, 6.45) is 2.24. The van der Waals surface area contributed by atoms with Gasteiger partial charge in [-0.2, -0.15) is 31.1 Å². The van der Waals surface area contributed by atoms with Gasteiger partial charge in [-0.05, 0) is 124 Å². The van der Waals surface area contributed by atoms with Crippen LogP contribution in [0.4, 0.5) is 32.2 Å². The van der Waals surface area contributed by atoms with Crippen LogP contribution in [0.3, 0.4) is 0 Å². The minimum atomic E-state index is -4.53. The average molecular weight is 909 g/mol. The molecule has 344 valence electrons. The average Bonchev–Trinajstić information content (AvgIpc) is 3.70. The van der Waals surface area contributed by atoms with Crippen molar-refractivity contribution in [3.05, 3.63) is 111 Å². The minimum Gasteiger partial charge on any atom is -0.711 e. The molecule has 6 heterocycles. The number of nitrogens with zero attached hydrogens (tertiary/aromatic N) is 3. The number of aryl methyl sites for hydroxylation is 2. The zero-order valence-electron chi connectivity index (χ0n) is 35.8. The summed E-state index contributed by atoms with van der Waals surface area (Å²) in [5.74, 6) is 3.54. The van der Waals surface area contributed by atoms with E-state index in [-0.39, 0.29) is 33.9 Å². The molecule has 2 unspecified atom stereocenters. The number of pyridine rings is 2. The van der Waals surface area contributed by atoms with Crippen molar-refractivity contribution in [2.24, 2.45) is 0 Å². The molecule has 2 aromatic heterocycles. The molecular formula is C46H55ClF6N4O6. The van der Waals surface area contributed by atoms with Gasteiger partial charge >= 0.3 is 12.4 Å². The Labute approximate surface area is 369 Å². The summed E-state index contributed by atoms with van der Waals surface area (Å²) in [6.45, 7) is 9.63. The van der Waals surface area contributed by atoms with Crippen LogP contribution in [0.1, 0.15) is 100 Å². The van der Waals surface area contributed by atoms with Crippen LogP contribution in [-0.4, -0.2) is 49.6 Å². The number of alkyl halides is 6. The smallest absolute Gasteiger partial charge is 0.422 e. The van der Waals surface area contributed by atoms with Gasteiger partial charge in [0.05, 0.1) is 18.8 Å². The summed E-state index contributed by atoms with van der Waals surface area (Å²) in [7, 11) is 0. The summed E-state index contributed by atoms with van der Waals surface area (Å²) in [5.41, 5.74) is 0.363. The number of hydrogen-bond donors (Lipinski definition) is 1. The first-order valence-corrected chi connectivity index (χ1v) is 21.9. The molecule has 0 aliphatic carbocycles. The molecule has 4 saturated heterocycles. The number of anilines is 1. The first-order chi connectivity index (χ1) is 29.9. The third kappa shape index (κ3) is 12.7. The lowest BCUT2D eigenvalue weighted by Crippen LogP contribution is -2.51. The van der Waals surface area contributed by atoms with E-state index in [0.29, 0.717) is 60.5 Å². The molecule has 10 nitrogen and oxygen atoms in total. The molecule has 0 radical (unpaired) electrons. The Hall–Kier alpha value is -4.83. The molecule has 0 saturated carbocycles. The van der Waals surface area contributed by atoms with Crippen molar-refractivity contribution < 1.29 is 54.8 Å². The number of ether oxygens (including phenoxy) is 4. The number of fused-ring (bicyclic) bond motifs is 4. The highest BCUT2D eigenvalue weighted by molar-refractivity contribution is 6.28. The highest BCUT2D eigenvalue weighted by Crippen LogP contribution is 2.42. The maximum absolute atomic E-state index is 12.9. The second-order valence-electron chi connectivity index (χ2n) is 16.6. The van der Waals surface area contributed by atoms with E-state index >= 15 is 0 Å². The number of halogens is 7. The molecule has 63 heavy (non-hydrogen) atoms. The van der Waals surface area contributed by atoms with Gasteiger partial charge in [0.1, 0.15) is 36.1 Å². The maximum atomic E-state index is 12.9. The molecule has 2 aromatic carbocycles. The summed E-state index contributed by atoms with van der Waals surface area (Å²) >= 11 is 5.21. The molecule has 4 aliphatic heterocycles. The van der Waals surface area contributed by atoms with Crippen LogP contribution in [0.25, 0.3) is 0 Å². The quantitative estimate of drug-likeness (QED) is 0.0687. The monoisotopic (exact) mass is 908 g/mol. The molecule has 1 N–H and O–H groups in total. The predicted molar refractivity (Wildman–Crippen MR) is 226 cm³/mol. The third-order valence-electron chi connectivity index (χ3n) is 11.5. The number of benzene rings is 2. The van der Waals surface area contributed by atoms with Crippen LogP contribution < -0.4 is 38.6 Å². The largest absolute Gasteiger partial charge is 0.711 e. The lowest BCUT2D eigenvalue weighted by atomic mass is 9.99.